The number of carbonyl (C=O) groups excluding carboxylic acids is 2. The highest BCUT2D eigenvalue weighted by Crippen LogP contribution is 2.60. The Morgan fingerprint density at radius 2 is 1.55 bits per heavy atom. The lowest BCUT2D eigenvalue weighted by Crippen LogP contribution is -2.53. The van der Waals surface area contributed by atoms with Gasteiger partial charge in [0.1, 0.15) is 30.3 Å². The fraction of sp³-hybridized carbons (Fsp3) is 0.733. The Hall–Kier alpha value is -2.48. The van der Waals surface area contributed by atoms with Gasteiger partial charge in [-0.15, -0.1) is 0 Å². The summed E-state index contributed by atoms with van der Waals surface area (Å²) in [5.41, 5.74) is 0.164. The second-order valence-corrected chi connectivity index (χ2v) is 12.6. The summed E-state index contributed by atoms with van der Waals surface area (Å²) in [4.78, 5) is 30.3. The second kappa shape index (κ2) is 10.6. The zero-order valence-corrected chi connectivity index (χ0v) is 22.6. The van der Waals surface area contributed by atoms with Gasteiger partial charge >= 0.3 is 6.09 Å². The molecule has 0 radical (unpaired) electrons. The van der Waals surface area contributed by atoms with Crippen molar-refractivity contribution < 1.29 is 28.9 Å². The summed E-state index contributed by atoms with van der Waals surface area (Å²) >= 11 is 0. The fourth-order valence-corrected chi connectivity index (χ4v) is 8.63. The number of methoxy groups -OCH3 is 1. The Morgan fingerprint density at radius 1 is 0.947 bits per heavy atom. The van der Waals surface area contributed by atoms with Crippen molar-refractivity contribution in [3.63, 3.8) is 0 Å². The van der Waals surface area contributed by atoms with E-state index >= 15 is 0 Å². The number of amides is 2. The van der Waals surface area contributed by atoms with Gasteiger partial charge in [0.05, 0.1) is 19.8 Å². The minimum absolute atomic E-state index is 0.0692. The molecule has 1 aromatic rings. The van der Waals surface area contributed by atoms with Gasteiger partial charge < -0.3 is 24.2 Å². The number of likely N-dealkylation sites (tertiary alicyclic amines) is 2. The minimum Gasteiger partial charge on any atom is -0.497 e. The van der Waals surface area contributed by atoms with Crippen LogP contribution in [0.5, 0.6) is 11.5 Å². The van der Waals surface area contributed by atoms with Crippen LogP contribution in [-0.4, -0.2) is 78.5 Å². The number of hydrogen-bond acceptors (Lipinski definition) is 6. The van der Waals surface area contributed by atoms with Gasteiger partial charge in [-0.2, -0.15) is 0 Å². The van der Waals surface area contributed by atoms with Crippen molar-refractivity contribution in [2.75, 3.05) is 33.4 Å². The lowest BCUT2D eigenvalue weighted by atomic mass is 9.50. The monoisotopic (exact) mass is 526 g/mol. The average Bonchev–Trinajstić information content (AvgIpc) is 3.60. The van der Waals surface area contributed by atoms with Crippen molar-refractivity contribution in [1.82, 2.24) is 9.80 Å². The summed E-state index contributed by atoms with van der Waals surface area (Å²) in [5, 5.41) is 10.9. The predicted molar refractivity (Wildman–Crippen MR) is 141 cm³/mol. The Kier molecular flexibility index (Phi) is 7.18. The molecular weight excluding hydrogens is 484 g/mol. The molecule has 1 unspecified atom stereocenters. The van der Waals surface area contributed by atoms with Crippen LogP contribution in [0.1, 0.15) is 64.2 Å². The number of benzene rings is 1. The molecule has 4 aliphatic carbocycles. The van der Waals surface area contributed by atoms with Crippen molar-refractivity contribution in [1.29, 1.82) is 0 Å². The van der Waals surface area contributed by atoms with Gasteiger partial charge in [-0.1, -0.05) is 0 Å². The van der Waals surface area contributed by atoms with E-state index in [1.807, 2.05) is 12.1 Å². The molecule has 2 amide bonds. The fourth-order valence-electron chi connectivity index (χ4n) is 8.63. The summed E-state index contributed by atoms with van der Waals surface area (Å²) < 4.78 is 16.9. The Labute approximate surface area is 225 Å². The van der Waals surface area contributed by atoms with E-state index in [9.17, 15) is 14.7 Å². The van der Waals surface area contributed by atoms with Gasteiger partial charge in [0.2, 0.25) is 5.91 Å². The molecule has 6 fully saturated rings. The zero-order chi connectivity index (χ0) is 26.3. The lowest BCUT2D eigenvalue weighted by Gasteiger charge is -2.56. The third-order valence-corrected chi connectivity index (χ3v) is 9.95. The van der Waals surface area contributed by atoms with Crippen LogP contribution < -0.4 is 9.47 Å². The summed E-state index contributed by atoms with van der Waals surface area (Å²) in [6.07, 6.45) is 9.54. The lowest BCUT2D eigenvalue weighted by molar-refractivity contribution is -0.139. The first-order valence-electron chi connectivity index (χ1n) is 14.6. The molecule has 0 spiro atoms. The third kappa shape index (κ3) is 5.08. The molecule has 6 aliphatic rings. The first-order valence-corrected chi connectivity index (χ1v) is 14.6. The molecule has 2 aliphatic heterocycles. The predicted octanol–water partition coefficient (Wildman–Crippen LogP) is 4.24. The number of aliphatic hydroxyl groups is 1. The highest BCUT2D eigenvalue weighted by Gasteiger charge is 2.52. The maximum atomic E-state index is 13.7. The van der Waals surface area contributed by atoms with Crippen molar-refractivity contribution in [2.24, 2.45) is 23.2 Å². The highest BCUT2D eigenvalue weighted by molar-refractivity contribution is 5.86. The Bertz CT molecular complexity index is 977. The topological polar surface area (TPSA) is 88.5 Å². The van der Waals surface area contributed by atoms with E-state index in [2.05, 4.69) is 0 Å². The van der Waals surface area contributed by atoms with E-state index in [4.69, 9.17) is 14.2 Å². The smallest absolute Gasteiger partial charge is 0.410 e. The molecule has 2 heterocycles. The number of ether oxygens (including phenoxy) is 3. The molecule has 38 heavy (non-hydrogen) atoms. The molecule has 2 saturated heterocycles. The van der Waals surface area contributed by atoms with Crippen molar-refractivity contribution >= 4 is 12.0 Å². The van der Waals surface area contributed by atoms with E-state index in [1.165, 1.54) is 38.5 Å². The van der Waals surface area contributed by atoms with Gasteiger partial charge in [0.25, 0.3) is 0 Å². The van der Waals surface area contributed by atoms with Crippen LogP contribution in [-0.2, 0) is 9.53 Å². The van der Waals surface area contributed by atoms with E-state index in [-0.39, 0.29) is 30.1 Å². The zero-order valence-electron chi connectivity index (χ0n) is 22.6. The highest BCUT2D eigenvalue weighted by atomic mass is 16.6. The van der Waals surface area contributed by atoms with Gasteiger partial charge in [-0.3, -0.25) is 9.69 Å². The van der Waals surface area contributed by atoms with Gasteiger partial charge in [-0.05, 0) is 106 Å². The van der Waals surface area contributed by atoms with Crippen LogP contribution in [0.15, 0.2) is 24.3 Å². The molecule has 1 N–H and O–H groups in total. The van der Waals surface area contributed by atoms with Crippen LogP contribution >= 0.6 is 0 Å². The summed E-state index contributed by atoms with van der Waals surface area (Å²) in [5.74, 6) is 3.75. The van der Waals surface area contributed by atoms with Gasteiger partial charge in [0, 0.05) is 18.5 Å². The molecule has 208 valence electrons. The third-order valence-electron chi connectivity index (χ3n) is 9.95. The molecule has 3 atom stereocenters. The maximum Gasteiger partial charge on any atom is 0.410 e. The molecule has 4 saturated carbocycles. The summed E-state index contributed by atoms with van der Waals surface area (Å²) in [7, 11) is 1.61. The maximum absolute atomic E-state index is 13.7. The molecule has 7 rings (SSSR count). The van der Waals surface area contributed by atoms with E-state index in [1.54, 1.807) is 29.0 Å². The van der Waals surface area contributed by atoms with Crippen LogP contribution in [0, 0.1) is 23.2 Å². The standard InChI is InChI=1S/C30H42N2O6/c1-36-23-6-8-24(9-7-23)37-18-27(33)25-4-2-10-31(25)28(34)26-5-3-11-32(26)29(35)38-19-30-15-20-12-21(16-30)14-22(13-20)17-30/h6-9,20-22,25-27,33H,2-5,10-19H2,1H3/t20?,21?,22?,25-,26+,27?,30?/m0/s1. The molecule has 4 bridgehead atoms. The number of carbonyl (C=O) groups is 2. The largest absolute Gasteiger partial charge is 0.497 e. The molecular formula is C30H42N2O6. The molecule has 8 nitrogen and oxygen atoms in total. The van der Waals surface area contributed by atoms with Gasteiger partial charge in [-0.25, -0.2) is 4.79 Å². The van der Waals surface area contributed by atoms with E-state index < -0.39 is 12.1 Å². The SMILES string of the molecule is COc1ccc(OCC(O)[C@@H]2CCCN2C(=O)[C@H]2CCCN2C(=O)OCC23CC4CC(CC(C4)C2)C3)cc1. The van der Waals surface area contributed by atoms with Crippen LogP contribution in [0.4, 0.5) is 4.79 Å². The second-order valence-electron chi connectivity index (χ2n) is 12.6. The number of rotatable bonds is 8. The van der Waals surface area contributed by atoms with Gasteiger partial charge in [0.15, 0.2) is 0 Å². The van der Waals surface area contributed by atoms with Crippen molar-refractivity contribution in [3.05, 3.63) is 24.3 Å². The number of aliphatic hydroxyl groups excluding tert-OH is 1. The van der Waals surface area contributed by atoms with Crippen molar-refractivity contribution in [3.8, 4) is 11.5 Å². The Balaban J connectivity index is 1.04. The summed E-state index contributed by atoms with van der Waals surface area (Å²) in [6.45, 7) is 1.75. The minimum atomic E-state index is -0.804. The first-order chi connectivity index (χ1) is 18.4. The first kappa shape index (κ1) is 25.8. The molecule has 8 heteroatoms. The van der Waals surface area contributed by atoms with E-state index in [0.717, 1.165) is 42.8 Å². The summed E-state index contributed by atoms with van der Waals surface area (Å²) in [6, 6.07) is 6.40. The molecule has 1 aromatic carbocycles. The van der Waals surface area contributed by atoms with Crippen molar-refractivity contribution in [2.45, 2.75) is 82.4 Å². The van der Waals surface area contributed by atoms with E-state index in [0.29, 0.717) is 31.9 Å². The number of nitrogens with zero attached hydrogens (tertiary/aromatic N) is 2. The molecule has 0 aromatic heterocycles. The van der Waals surface area contributed by atoms with Crippen LogP contribution in [0.25, 0.3) is 0 Å². The average molecular weight is 527 g/mol. The Morgan fingerprint density at radius 3 is 2.21 bits per heavy atom. The normalized spacial score (nSPS) is 34.4. The number of hydrogen-bond donors (Lipinski definition) is 1. The van der Waals surface area contributed by atoms with Crippen LogP contribution in [0.3, 0.4) is 0 Å². The quantitative estimate of drug-likeness (QED) is 0.545. The van der Waals surface area contributed by atoms with Crippen LogP contribution in [0.2, 0.25) is 0 Å².